The van der Waals surface area contributed by atoms with Crippen LogP contribution < -0.4 is 0 Å². The van der Waals surface area contributed by atoms with Gasteiger partial charge in [-0.05, 0) is 60.3 Å². The molecule has 1 aromatic heterocycles. The predicted octanol–water partition coefficient (Wildman–Crippen LogP) is 5.15. The monoisotopic (exact) mass is 441 g/mol. The molecule has 7 heteroatoms. The van der Waals surface area contributed by atoms with Crippen LogP contribution in [0.4, 0.5) is 4.79 Å². The lowest BCUT2D eigenvalue weighted by molar-refractivity contribution is 0.0124. The SMILES string of the molecule is Cc1onc(-c2ccccc2)c1C(=O)N1CCCC(CN(C(=O)OC(C)(C)C)C(C)C)C1. The summed E-state index contributed by atoms with van der Waals surface area (Å²) in [5, 5.41) is 4.16. The minimum absolute atomic E-state index is 0.0147. The average Bonchev–Trinajstić information content (AvgIpc) is 3.12. The van der Waals surface area contributed by atoms with Crippen molar-refractivity contribution in [1.82, 2.24) is 15.0 Å². The number of aromatic nitrogens is 1. The van der Waals surface area contributed by atoms with Gasteiger partial charge < -0.3 is 19.1 Å². The molecule has 7 nitrogen and oxygen atoms in total. The molecule has 1 aliphatic rings. The molecular weight excluding hydrogens is 406 g/mol. The smallest absolute Gasteiger partial charge is 0.410 e. The number of carbonyl (C=O) groups is 2. The number of hydrogen-bond donors (Lipinski definition) is 0. The van der Waals surface area contributed by atoms with Gasteiger partial charge in [-0.2, -0.15) is 0 Å². The zero-order valence-electron chi connectivity index (χ0n) is 20.1. The zero-order valence-corrected chi connectivity index (χ0v) is 20.1. The van der Waals surface area contributed by atoms with Crippen LogP contribution in [0, 0.1) is 12.8 Å². The van der Waals surface area contributed by atoms with Gasteiger partial charge in [0, 0.05) is 31.2 Å². The van der Waals surface area contributed by atoms with Crippen LogP contribution in [0.2, 0.25) is 0 Å². The second kappa shape index (κ2) is 9.76. The maximum atomic E-state index is 13.5. The van der Waals surface area contributed by atoms with Crippen LogP contribution in [-0.2, 0) is 4.74 Å². The third kappa shape index (κ3) is 5.69. The number of amides is 2. The van der Waals surface area contributed by atoms with Crippen molar-refractivity contribution in [3.8, 4) is 11.3 Å². The summed E-state index contributed by atoms with van der Waals surface area (Å²) in [6, 6.07) is 9.63. The van der Waals surface area contributed by atoms with Gasteiger partial charge in [-0.15, -0.1) is 0 Å². The van der Waals surface area contributed by atoms with Gasteiger partial charge >= 0.3 is 6.09 Å². The molecule has 1 atom stereocenters. The van der Waals surface area contributed by atoms with E-state index >= 15 is 0 Å². The van der Waals surface area contributed by atoms with Crippen molar-refractivity contribution in [1.29, 1.82) is 0 Å². The van der Waals surface area contributed by atoms with Crippen molar-refractivity contribution in [2.75, 3.05) is 19.6 Å². The van der Waals surface area contributed by atoms with Crippen LogP contribution in [0.3, 0.4) is 0 Å². The summed E-state index contributed by atoms with van der Waals surface area (Å²) in [6.07, 6.45) is 1.54. The van der Waals surface area contributed by atoms with Crippen molar-refractivity contribution in [2.45, 2.75) is 66.0 Å². The van der Waals surface area contributed by atoms with Gasteiger partial charge in [-0.1, -0.05) is 35.5 Å². The first-order chi connectivity index (χ1) is 15.1. The van der Waals surface area contributed by atoms with E-state index < -0.39 is 5.60 Å². The van der Waals surface area contributed by atoms with Gasteiger partial charge in [0.15, 0.2) is 0 Å². The van der Waals surface area contributed by atoms with Gasteiger partial charge in [0.1, 0.15) is 22.6 Å². The van der Waals surface area contributed by atoms with E-state index in [1.54, 1.807) is 11.8 Å². The van der Waals surface area contributed by atoms with Crippen LogP contribution >= 0.6 is 0 Å². The first-order valence-corrected chi connectivity index (χ1v) is 11.4. The summed E-state index contributed by atoms with van der Waals surface area (Å²) in [6.45, 7) is 13.2. The van der Waals surface area contributed by atoms with Gasteiger partial charge in [0.05, 0.1) is 0 Å². The van der Waals surface area contributed by atoms with Crippen molar-refractivity contribution < 1.29 is 18.8 Å². The fourth-order valence-corrected chi connectivity index (χ4v) is 4.07. The molecular formula is C25H35N3O4. The Bertz CT molecular complexity index is 930. The Balaban J connectivity index is 1.74. The summed E-state index contributed by atoms with van der Waals surface area (Å²) in [7, 11) is 0. The molecule has 1 saturated heterocycles. The molecule has 2 aromatic rings. The third-order valence-corrected chi connectivity index (χ3v) is 5.64. The van der Waals surface area contributed by atoms with E-state index in [1.165, 1.54) is 0 Å². The molecule has 0 bridgehead atoms. The highest BCUT2D eigenvalue weighted by Crippen LogP contribution is 2.28. The number of hydrogen-bond acceptors (Lipinski definition) is 5. The van der Waals surface area contributed by atoms with Crippen LogP contribution in [-0.4, -0.2) is 58.2 Å². The van der Waals surface area contributed by atoms with E-state index in [0.29, 0.717) is 36.7 Å². The lowest BCUT2D eigenvalue weighted by Gasteiger charge is -2.37. The largest absolute Gasteiger partial charge is 0.444 e. The fourth-order valence-electron chi connectivity index (χ4n) is 4.07. The number of rotatable bonds is 5. The summed E-state index contributed by atoms with van der Waals surface area (Å²) in [5.41, 5.74) is 1.41. The van der Waals surface area contributed by atoms with Crippen LogP contribution in [0.15, 0.2) is 34.9 Å². The number of benzene rings is 1. The van der Waals surface area contributed by atoms with Gasteiger partial charge in [-0.25, -0.2) is 4.79 Å². The maximum Gasteiger partial charge on any atom is 0.410 e. The average molecular weight is 442 g/mol. The number of likely N-dealkylation sites (tertiary alicyclic amines) is 1. The number of nitrogens with zero attached hydrogens (tertiary/aromatic N) is 3. The highest BCUT2D eigenvalue weighted by atomic mass is 16.6. The van der Waals surface area contributed by atoms with E-state index in [0.717, 1.165) is 18.4 Å². The molecule has 0 spiro atoms. The van der Waals surface area contributed by atoms with Crippen molar-refractivity contribution >= 4 is 12.0 Å². The van der Waals surface area contributed by atoms with Crippen molar-refractivity contribution in [3.05, 3.63) is 41.7 Å². The normalized spacial score (nSPS) is 16.8. The first-order valence-electron chi connectivity index (χ1n) is 11.4. The second-order valence-corrected chi connectivity index (χ2v) is 9.81. The van der Waals surface area contributed by atoms with Crippen LogP contribution in [0.1, 0.15) is 63.6 Å². The Morgan fingerprint density at radius 2 is 1.94 bits per heavy atom. The lowest BCUT2D eigenvalue weighted by atomic mass is 9.95. The Morgan fingerprint density at radius 3 is 2.56 bits per heavy atom. The summed E-state index contributed by atoms with van der Waals surface area (Å²) in [5.74, 6) is 0.636. The third-order valence-electron chi connectivity index (χ3n) is 5.64. The van der Waals surface area contributed by atoms with E-state index in [-0.39, 0.29) is 24.0 Å². The minimum Gasteiger partial charge on any atom is -0.444 e. The molecule has 1 unspecified atom stereocenters. The van der Waals surface area contributed by atoms with Crippen molar-refractivity contribution in [3.63, 3.8) is 0 Å². The highest BCUT2D eigenvalue weighted by molar-refractivity contribution is 6.00. The minimum atomic E-state index is -0.543. The van der Waals surface area contributed by atoms with Gasteiger partial charge in [-0.3, -0.25) is 4.79 Å². The highest BCUT2D eigenvalue weighted by Gasteiger charge is 2.32. The Kier molecular flexibility index (Phi) is 7.26. The maximum absolute atomic E-state index is 13.5. The van der Waals surface area contributed by atoms with Crippen LogP contribution in [0.25, 0.3) is 11.3 Å². The molecule has 0 aliphatic carbocycles. The molecule has 0 radical (unpaired) electrons. The van der Waals surface area contributed by atoms with E-state index in [9.17, 15) is 9.59 Å². The molecule has 32 heavy (non-hydrogen) atoms. The van der Waals surface area contributed by atoms with E-state index in [2.05, 4.69) is 5.16 Å². The van der Waals surface area contributed by atoms with Crippen molar-refractivity contribution in [2.24, 2.45) is 5.92 Å². The summed E-state index contributed by atoms with van der Waals surface area (Å²) in [4.78, 5) is 29.8. The molecule has 1 aromatic carbocycles. The lowest BCUT2D eigenvalue weighted by Crippen LogP contribution is -2.48. The Morgan fingerprint density at radius 1 is 1.25 bits per heavy atom. The standard InChI is InChI=1S/C25H35N3O4/c1-17(2)28(24(30)31-25(4,5)6)16-19-11-10-14-27(15-19)23(29)21-18(3)32-26-22(21)20-12-8-7-9-13-20/h7-9,12-13,17,19H,10-11,14-16H2,1-6H3. The zero-order chi connectivity index (χ0) is 23.5. The molecule has 0 N–H and O–H groups in total. The number of ether oxygens (including phenoxy) is 1. The van der Waals surface area contributed by atoms with Gasteiger partial charge in [0.2, 0.25) is 0 Å². The van der Waals surface area contributed by atoms with E-state index in [4.69, 9.17) is 9.26 Å². The van der Waals surface area contributed by atoms with Crippen LogP contribution in [0.5, 0.6) is 0 Å². The summed E-state index contributed by atoms with van der Waals surface area (Å²) >= 11 is 0. The predicted molar refractivity (Wildman–Crippen MR) is 123 cm³/mol. The van der Waals surface area contributed by atoms with E-state index in [1.807, 2.05) is 69.9 Å². The molecule has 2 amide bonds. The molecule has 1 aliphatic heterocycles. The summed E-state index contributed by atoms with van der Waals surface area (Å²) < 4.78 is 11.0. The van der Waals surface area contributed by atoms with Gasteiger partial charge in [0.25, 0.3) is 5.91 Å². The Hall–Kier alpha value is -2.83. The first kappa shape index (κ1) is 23.8. The molecule has 0 saturated carbocycles. The second-order valence-electron chi connectivity index (χ2n) is 9.81. The Labute approximate surface area is 190 Å². The molecule has 1 fully saturated rings. The number of piperidine rings is 1. The quantitative estimate of drug-likeness (QED) is 0.641. The molecule has 2 heterocycles. The molecule has 3 rings (SSSR count). The fraction of sp³-hybridized carbons (Fsp3) is 0.560. The number of aryl methyl sites for hydroxylation is 1. The number of carbonyl (C=O) groups excluding carboxylic acids is 2. The molecule has 174 valence electrons. The topological polar surface area (TPSA) is 75.9 Å².